The lowest BCUT2D eigenvalue weighted by Gasteiger charge is -2.29. The first kappa shape index (κ1) is 25.4. The van der Waals surface area contributed by atoms with Crippen LogP contribution in [-0.4, -0.2) is 57.4 Å². The van der Waals surface area contributed by atoms with Gasteiger partial charge < -0.3 is 24.7 Å². The average molecular weight is 503 g/mol. The van der Waals surface area contributed by atoms with Crippen LogP contribution in [0.4, 0.5) is 5.82 Å². The van der Waals surface area contributed by atoms with E-state index in [-0.39, 0.29) is 29.7 Å². The molecule has 12 heteroatoms. The summed E-state index contributed by atoms with van der Waals surface area (Å²) in [5.41, 5.74) is 3.95. The molecule has 2 aromatic rings. The van der Waals surface area contributed by atoms with E-state index in [0.717, 1.165) is 6.33 Å². The molecule has 0 aliphatic carbocycles. The van der Waals surface area contributed by atoms with Crippen LogP contribution in [0, 0.1) is 29.1 Å². The summed E-state index contributed by atoms with van der Waals surface area (Å²) in [5.74, 6) is -3.47. The highest BCUT2D eigenvalue weighted by Gasteiger charge is 2.63. The summed E-state index contributed by atoms with van der Waals surface area (Å²) < 4.78 is 32.5. The van der Waals surface area contributed by atoms with Crippen molar-refractivity contribution in [2.24, 2.45) is 17.8 Å². The average Bonchev–Trinajstić information content (AvgIpc) is 3.33. The van der Waals surface area contributed by atoms with E-state index in [0.29, 0.717) is 0 Å². The predicted molar refractivity (Wildman–Crippen MR) is 125 cm³/mol. The van der Waals surface area contributed by atoms with E-state index in [4.69, 9.17) is 26.1 Å². The first-order chi connectivity index (χ1) is 17.3. The molecule has 0 spiro atoms. The van der Waals surface area contributed by atoms with Crippen LogP contribution < -0.4 is 5.73 Å². The number of ether oxygens (including phenoxy) is 4. The summed E-state index contributed by atoms with van der Waals surface area (Å²) >= 11 is 0. The van der Waals surface area contributed by atoms with Gasteiger partial charge in [-0.05, 0) is 12.1 Å². The Bertz CT molecular complexity index is 1240. The predicted octanol–water partition coefficient (Wildman–Crippen LogP) is 1.76. The number of rotatable bonds is 8. The summed E-state index contributed by atoms with van der Waals surface area (Å²) in [4.78, 5) is 41.6. The lowest BCUT2D eigenvalue weighted by atomic mass is 9.91. The molecule has 36 heavy (non-hydrogen) atoms. The minimum atomic E-state index is -2.11. The van der Waals surface area contributed by atoms with Crippen LogP contribution in [0.5, 0.6) is 0 Å². The number of carbonyl (C=O) groups excluding carboxylic acids is 3. The van der Waals surface area contributed by atoms with Crippen molar-refractivity contribution in [3.05, 3.63) is 24.1 Å². The number of fused-ring (bicyclic) bond motifs is 1. The van der Waals surface area contributed by atoms with Crippen LogP contribution >= 0.6 is 0 Å². The highest BCUT2D eigenvalue weighted by atomic mass is 16.7. The van der Waals surface area contributed by atoms with Gasteiger partial charge in [0.15, 0.2) is 18.0 Å². The third-order valence-corrected chi connectivity index (χ3v) is 5.64. The minimum Gasteiger partial charge on any atom is -0.463 e. The Morgan fingerprint density at radius 2 is 1.78 bits per heavy atom. The molecule has 4 atom stereocenters. The normalized spacial score (nSPS) is 24.1. The van der Waals surface area contributed by atoms with Crippen LogP contribution in [-0.2, 0) is 38.9 Å². The smallest absolute Gasteiger partial charge is 0.308 e. The van der Waals surface area contributed by atoms with Gasteiger partial charge in [-0.3, -0.25) is 14.4 Å². The largest absolute Gasteiger partial charge is 0.463 e. The molecule has 2 aromatic heterocycles. The summed E-state index contributed by atoms with van der Waals surface area (Å²) in [5, 5.41) is 14.6. The molecule has 3 rings (SSSR count). The molecule has 1 aliphatic rings. The minimum absolute atomic E-state index is 0.00828. The van der Waals surface area contributed by atoms with Gasteiger partial charge in [0, 0.05) is 0 Å². The quantitative estimate of drug-likeness (QED) is 0.412. The Kier molecular flexibility index (Phi) is 7.40. The number of hydrogen-bond acceptors (Lipinski definition) is 11. The van der Waals surface area contributed by atoms with Gasteiger partial charge in [-0.15, -0.1) is 0 Å². The van der Waals surface area contributed by atoms with Gasteiger partial charge in [0.1, 0.15) is 30.6 Å². The molecule has 1 aliphatic heterocycles. The van der Waals surface area contributed by atoms with Crippen molar-refractivity contribution in [1.82, 2.24) is 14.6 Å². The lowest BCUT2D eigenvalue weighted by Crippen LogP contribution is -2.47. The third kappa shape index (κ3) is 4.97. The summed E-state index contributed by atoms with van der Waals surface area (Å²) in [7, 11) is 0. The Morgan fingerprint density at radius 3 is 2.36 bits per heavy atom. The summed E-state index contributed by atoms with van der Waals surface area (Å²) in [6.07, 6.45) is -2.87. The maximum absolute atomic E-state index is 12.8. The number of nitrogens with two attached hydrogens (primary N) is 1. The third-order valence-electron chi connectivity index (χ3n) is 5.64. The number of anilines is 1. The fraction of sp³-hybridized carbons (Fsp3) is 0.583. The lowest BCUT2D eigenvalue weighted by molar-refractivity contribution is -0.174. The number of hydrogen-bond donors (Lipinski definition) is 1. The molecule has 194 valence electrons. The monoisotopic (exact) mass is 502 g/mol. The van der Waals surface area contributed by atoms with E-state index in [1.807, 2.05) is 6.07 Å². The SMILES string of the molecule is [2H]c1cc([C@]2(C#N)OC(COC(=O)C(C)C)[C@@H](OC(=O)C(C)C)[C@H]2OC(=O)C(C)C)n2ncnc(N)c12. The van der Waals surface area contributed by atoms with Crippen LogP contribution in [0.25, 0.3) is 5.52 Å². The molecule has 1 saturated heterocycles. The van der Waals surface area contributed by atoms with E-state index in [1.54, 1.807) is 41.5 Å². The van der Waals surface area contributed by atoms with Crippen LogP contribution in [0.1, 0.15) is 48.6 Å². The second-order valence-corrected chi connectivity index (χ2v) is 9.44. The molecule has 1 unspecified atom stereocenters. The van der Waals surface area contributed by atoms with Crippen LogP contribution in [0.3, 0.4) is 0 Å². The number of esters is 3. The molecule has 12 nitrogen and oxygen atoms in total. The topological polar surface area (TPSA) is 168 Å². The van der Waals surface area contributed by atoms with Gasteiger partial charge in [-0.2, -0.15) is 10.4 Å². The van der Waals surface area contributed by atoms with Crippen molar-refractivity contribution < 1.29 is 34.7 Å². The molecule has 0 radical (unpaired) electrons. The van der Waals surface area contributed by atoms with Crippen LogP contribution in [0.15, 0.2) is 18.4 Å². The van der Waals surface area contributed by atoms with Gasteiger partial charge in [0.2, 0.25) is 5.60 Å². The van der Waals surface area contributed by atoms with Crippen LogP contribution in [0.2, 0.25) is 0 Å². The summed E-state index contributed by atoms with van der Waals surface area (Å²) in [6, 6.07) is 3.24. The fourth-order valence-corrected chi connectivity index (χ4v) is 3.58. The van der Waals surface area contributed by atoms with Crippen molar-refractivity contribution in [2.75, 3.05) is 12.3 Å². The zero-order chi connectivity index (χ0) is 27.7. The molecule has 3 heterocycles. The Labute approximate surface area is 210 Å². The maximum Gasteiger partial charge on any atom is 0.308 e. The molecule has 0 saturated carbocycles. The Balaban J connectivity index is 2.20. The fourth-order valence-electron chi connectivity index (χ4n) is 3.58. The number of nitrogen functional groups attached to an aromatic ring is 1. The van der Waals surface area contributed by atoms with E-state index in [2.05, 4.69) is 10.1 Å². The number of carbonyl (C=O) groups is 3. The van der Waals surface area contributed by atoms with Gasteiger partial charge >= 0.3 is 17.9 Å². The first-order valence-corrected chi connectivity index (χ1v) is 11.6. The highest BCUT2D eigenvalue weighted by molar-refractivity contribution is 5.74. The molecule has 0 bridgehead atoms. The zero-order valence-corrected chi connectivity index (χ0v) is 21.0. The van der Waals surface area contributed by atoms with Crippen molar-refractivity contribution in [2.45, 2.75) is 65.5 Å². The van der Waals surface area contributed by atoms with E-state index in [1.165, 1.54) is 10.6 Å². The summed E-state index contributed by atoms with van der Waals surface area (Å²) in [6.45, 7) is 9.34. The molecule has 2 N–H and O–H groups in total. The maximum atomic E-state index is 12.8. The standard InChI is InChI=1S/C24H31N5O7/c1-12(2)21(30)33-9-16-18(34-22(31)13(3)4)19(35-23(32)14(5)6)24(10-25,36-16)17-8-7-15-20(26)27-11-28-29(15)17/h7-8,11-14,16,18-19H,9H2,1-6H3,(H2,26,27,28)/t16?,18-,19-,24+/m1/s1/i7D. The molecule has 1 fully saturated rings. The highest BCUT2D eigenvalue weighted by Crippen LogP contribution is 2.44. The van der Waals surface area contributed by atoms with Crippen molar-refractivity contribution in [3.63, 3.8) is 0 Å². The zero-order valence-electron chi connectivity index (χ0n) is 22.0. The van der Waals surface area contributed by atoms with Gasteiger partial charge in [-0.1, -0.05) is 41.5 Å². The van der Waals surface area contributed by atoms with Gasteiger partial charge in [0.05, 0.1) is 24.8 Å². The van der Waals surface area contributed by atoms with Crippen molar-refractivity contribution >= 4 is 29.2 Å². The Morgan fingerprint density at radius 1 is 1.17 bits per heavy atom. The molecular weight excluding hydrogens is 470 g/mol. The van der Waals surface area contributed by atoms with E-state index in [9.17, 15) is 19.6 Å². The van der Waals surface area contributed by atoms with Crippen molar-refractivity contribution in [3.8, 4) is 6.07 Å². The molecule has 0 amide bonds. The second-order valence-electron chi connectivity index (χ2n) is 9.44. The van der Waals surface area contributed by atoms with E-state index >= 15 is 0 Å². The first-order valence-electron chi connectivity index (χ1n) is 12.1. The molecule has 0 aromatic carbocycles. The molecular formula is C24H31N5O7. The number of nitriles is 1. The van der Waals surface area contributed by atoms with Gasteiger partial charge in [0.25, 0.3) is 0 Å². The second kappa shape index (κ2) is 10.5. The van der Waals surface area contributed by atoms with Crippen molar-refractivity contribution in [1.29, 1.82) is 5.26 Å². The Hall–Kier alpha value is -3.72. The number of aromatic nitrogens is 3. The number of nitrogens with zero attached hydrogens (tertiary/aromatic N) is 4. The van der Waals surface area contributed by atoms with E-state index < -0.39 is 59.6 Å². The van der Waals surface area contributed by atoms with Gasteiger partial charge in [-0.25, -0.2) is 9.50 Å².